The average Bonchev–Trinajstić information content (AvgIpc) is 2.94. The third-order valence-corrected chi connectivity index (χ3v) is 5.58. The number of piperidine rings is 1. The predicted octanol–water partition coefficient (Wildman–Crippen LogP) is 1.34. The molecular formula is C18H26N4O3. The zero-order valence-electron chi connectivity index (χ0n) is 14.6. The van der Waals surface area contributed by atoms with Crippen LogP contribution in [0.1, 0.15) is 43.0 Å². The van der Waals surface area contributed by atoms with Crippen LogP contribution in [-0.4, -0.2) is 59.1 Å². The van der Waals surface area contributed by atoms with E-state index in [-0.39, 0.29) is 11.5 Å². The first-order valence-electron chi connectivity index (χ1n) is 8.92. The Balaban J connectivity index is 1.68. The van der Waals surface area contributed by atoms with Gasteiger partial charge >= 0.3 is 5.97 Å². The molecular weight excluding hydrogens is 320 g/mol. The van der Waals surface area contributed by atoms with Gasteiger partial charge in [0.1, 0.15) is 11.9 Å². The number of carboxylic acids is 1. The lowest BCUT2D eigenvalue weighted by molar-refractivity contribution is -0.142. The largest absolute Gasteiger partial charge is 0.480 e. The number of hydrogen-bond donors (Lipinski definition) is 2. The zero-order valence-corrected chi connectivity index (χ0v) is 14.6. The molecule has 0 radical (unpaired) electrons. The highest BCUT2D eigenvalue weighted by atomic mass is 16.4. The van der Waals surface area contributed by atoms with Gasteiger partial charge in [0.15, 0.2) is 0 Å². The Hall–Kier alpha value is -2.15. The number of anilines is 1. The van der Waals surface area contributed by atoms with Crippen molar-refractivity contribution in [2.45, 2.75) is 38.6 Å². The fraction of sp³-hybridized carbons (Fsp3) is 0.611. The molecule has 2 saturated heterocycles. The number of carbonyl (C=O) groups is 2. The van der Waals surface area contributed by atoms with E-state index in [4.69, 9.17) is 5.73 Å². The van der Waals surface area contributed by atoms with E-state index in [0.29, 0.717) is 5.56 Å². The monoisotopic (exact) mass is 346 g/mol. The van der Waals surface area contributed by atoms with Crippen LogP contribution in [0.3, 0.4) is 0 Å². The zero-order chi connectivity index (χ0) is 18.0. The van der Waals surface area contributed by atoms with Gasteiger partial charge in [0.2, 0.25) is 5.91 Å². The molecule has 7 heteroatoms. The van der Waals surface area contributed by atoms with Crippen LogP contribution in [0.15, 0.2) is 18.3 Å². The number of nitrogens with zero attached hydrogens (tertiary/aromatic N) is 3. The molecule has 2 aliphatic heterocycles. The number of carboxylic acid groups (broad SMARTS) is 1. The van der Waals surface area contributed by atoms with Gasteiger partial charge in [-0.25, -0.2) is 4.98 Å². The maximum absolute atomic E-state index is 11.6. The Labute approximate surface area is 147 Å². The van der Waals surface area contributed by atoms with Crippen LogP contribution in [-0.2, 0) is 4.79 Å². The number of aromatic nitrogens is 1. The second-order valence-electron chi connectivity index (χ2n) is 7.28. The standard InChI is InChI=1S/C18H26N4O3/c1-2-7-22-12-18(11-14(22)17(24)25)4-8-21(9-5-18)15-10-13(16(19)23)3-6-20-15/h3,6,10,14H,2,4-5,7-9,11-12H2,1H3,(H2,19,23)(H,24,25)/t14-/m0/s1. The van der Waals surface area contributed by atoms with Crippen LogP contribution in [0.5, 0.6) is 0 Å². The maximum atomic E-state index is 11.6. The quantitative estimate of drug-likeness (QED) is 0.834. The number of pyridine rings is 1. The molecule has 7 nitrogen and oxygen atoms in total. The Bertz CT molecular complexity index is 655. The van der Waals surface area contributed by atoms with Crippen LogP contribution < -0.4 is 10.6 Å². The Kier molecular flexibility index (Phi) is 4.94. The van der Waals surface area contributed by atoms with Gasteiger partial charge in [-0.05, 0) is 49.8 Å². The van der Waals surface area contributed by atoms with E-state index >= 15 is 0 Å². The summed E-state index contributed by atoms with van der Waals surface area (Å²) in [4.78, 5) is 31.6. The number of likely N-dealkylation sites (tertiary alicyclic amines) is 1. The lowest BCUT2D eigenvalue weighted by Crippen LogP contribution is -2.42. The fourth-order valence-electron chi connectivity index (χ4n) is 4.23. The summed E-state index contributed by atoms with van der Waals surface area (Å²) in [6.07, 6.45) is 5.19. The molecule has 3 rings (SSSR count). The normalized spacial score (nSPS) is 23.1. The highest BCUT2D eigenvalue weighted by molar-refractivity contribution is 5.93. The molecule has 1 aromatic heterocycles. The van der Waals surface area contributed by atoms with Crippen LogP contribution >= 0.6 is 0 Å². The molecule has 2 fully saturated rings. The Morgan fingerprint density at radius 1 is 1.40 bits per heavy atom. The first kappa shape index (κ1) is 17.7. The third kappa shape index (κ3) is 3.61. The summed E-state index contributed by atoms with van der Waals surface area (Å²) in [7, 11) is 0. The molecule has 2 aliphatic rings. The summed E-state index contributed by atoms with van der Waals surface area (Å²) in [6, 6.07) is 3.00. The number of aliphatic carboxylic acids is 1. The van der Waals surface area contributed by atoms with E-state index in [0.717, 1.165) is 57.7 Å². The summed E-state index contributed by atoms with van der Waals surface area (Å²) in [6.45, 7) is 5.43. The third-order valence-electron chi connectivity index (χ3n) is 5.58. The molecule has 3 heterocycles. The minimum absolute atomic E-state index is 0.0794. The van der Waals surface area contributed by atoms with Crippen molar-refractivity contribution in [2.24, 2.45) is 11.1 Å². The van der Waals surface area contributed by atoms with Crippen molar-refractivity contribution in [1.29, 1.82) is 0 Å². The summed E-state index contributed by atoms with van der Waals surface area (Å²) in [5.41, 5.74) is 5.89. The lowest BCUT2D eigenvalue weighted by atomic mass is 9.76. The molecule has 25 heavy (non-hydrogen) atoms. The topological polar surface area (TPSA) is 99.8 Å². The van der Waals surface area contributed by atoms with Gasteiger partial charge in [-0.3, -0.25) is 14.5 Å². The molecule has 0 aliphatic carbocycles. The SMILES string of the molecule is CCCN1CC2(CCN(c3cc(C(N)=O)ccn3)CC2)C[C@H]1C(=O)O. The number of amides is 1. The van der Waals surface area contributed by atoms with Gasteiger partial charge in [-0.1, -0.05) is 6.92 Å². The molecule has 1 amide bonds. The predicted molar refractivity (Wildman–Crippen MR) is 94.5 cm³/mol. The van der Waals surface area contributed by atoms with E-state index in [2.05, 4.69) is 21.7 Å². The number of carbonyl (C=O) groups excluding carboxylic acids is 1. The summed E-state index contributed by atoms with van der Waals surface area (Å²) < 4.78 is 0. The van der Waals surface area contributed by atoms with Gasteiger partial charge < -0.3 is 15.7 Å². The summed E-state index contributed by atoms with van der Waals surface area (Å²) in [5.74, 6) is -0.389. The van der Waals surface area contributed by atoms with E-state index < -0.39 is 11.9 Å². The second kappa shape index (κ2) is 7.00. The van der Waals surface area contributed by atoms with Gasteiger partial charge in [0, 0.05) is 31.4 Å². The van der Waals surface area contributed by atoms with Crippen LogP contribution in [0, 0.1) is 5.41 Å². The minimum Gasteiger partial charge on any atom is -0.480 e. The van der Waals surface area contributed by atoms with E-state index in [9.17, 15) is 14.7 Å². The van der Waals surface area contributed by atoms with E-state index in [1.807, 2.05) is 0 Å². The van der Waals surface area contributed by atoms with Crippen molar-refractivity contribution in [1.82, 2.24) is 9.88 Å². The van der Waals surface area contributed by atoms with Crippen molar-refractivity contribution in [3.8, 4) is 0 Å². The van der Waals surface area contributed by atoms with Crippen molar-refractivity contribution >= 4 is 17.7 Å². The highest BCUT2D eigenvalue weighted by Gasteiger charge is 2.47. The molecule has 0 bridgehead atoms. The van der Waals surface area contributed by atoms with Gasteiger partial charge in [0.05, 0.1) is 0 Å². The van der Waals surface area contributed by atoms with Crippen molar-refractivity contribution in [2.75, 3.05) is 31.1 Å². The Morgan fingerprint density at radius 2 is 2.12 bits per heavy atom. The minimum atomic E-state index is -0.705. The first-order chi connectivity index (χ1) is 11.9. The number of primary amides is 1. The average molecular weight is 346 g/mol. The van der Waals surface area contributed by atoms with Crippen LogP contribution in [0.2, 0.25) is 0 Å². The number of rotatable bonds is 5. The molecule has 1 aromatic rings. The number of nitrogens with two attached hydrogens (primary N) is 1. The van der Waals surface area contributed by atoms with Crippen LogP contribution in [0.4, 0.5) is 5.82 Å². The van der Waals surface area contributed by atoms with Gasteiger partial charge in [-0.15, -0.1) is 0 Å². The molecule has 1 spiro atoms. The molecule has 1 atom stereocenters. The van der Waals surface area contributed by atoms with Gasteiger partial charge in [-0.2, -0.15) is 0 Å². The molecule has 136 valence electrons. The summed E-state index contributed by atoms with van der Waals surface area (Å²) in [5, 5.41) is 9.53. The highest BCUT2D eigenvalue weighted by Crippen LogP contribution is 2.44. The summed E-state index contributed by atoms with van der Waals surface area (Å²) >= 11 is 0. The maximum Gasteiger partial charge on any atom is 0.320 e. The van der Waals surface area contributed by atoms with Gasteiger partial charge in [0.25, 0.3) is 0 Å². The molecule has 0 saturated carbocycles. The Morgan fingerprint density at radius 3 is 2.72 bits per heavy atom. The van der Waals surface area contributed by atoms with Crippen molar-refractivity contribution in [3.63, 3.8) is 0 Å². The van der Waals surface area contributed by atoms with E-state index in [1.54, 1.807) is 18.3 Å². The van der Waals surface area contributed by atoms with Crippen molar-refractivity contribution in [3.05, 3.63) is 23.9 Å². The lowest BCUT2D eigenvalue weighted by Gasteiger charge is -2.40. The fourth-order valence-corrected chi connectivity index (χ4v) is 4.23. The molecule has 0 unspecified atom stereocenters. The first-order valence-corrected chi connectivity index (χ1v) is 8.92. The van der Waals surface area contributed by atoms with Crippen LogP contribution in [0.25, 0.3) is 0 Å². The molecule has 3 N–H and O–H groups in total. The van der Waals surface area contributed by atoms with E-state index in [1.165, 1.54) is 0 Å². The smallest absolute Gasteiger partial charge is 0.320 e. The van der Waals surface area contributed by atoms with Crippen molar-refractivity contribution < 1.29 is 14.7 Å². The second-order valence-corrected chi connectivity index (χ2v) is 7.28. The molecule has 0 aromatic carbocycles. The number of hydrogen-bond acceptors (Lipinski definition) is 5.